The summed E-state index contributed by atoms with van der Waals surface area (Å²) in [7, 11) is 0. The molecule has 2 N–H and O–H groups in total. The van der Waals surface area contributed by atoms with Crippen molar-refractivity contribution in [3.8, 4) is 0 Å². The Bertz CT molecular complexity index is 66.7. The van der Waals surface area contributed by atoms with Gasteiger partial charge in [-0.3, -0.25) is 5.84 Å². The first-order valence-electron chi connectivity index (χ1n) is 2.97. The maximum absolute atomic E-state index is 5.49. The molecular formula is C5H14Cl2N2O. The van der Waals surface area contributed by atoms with Crippen LogP contribution in [0.25, 0.3) is 0 Å². The zero-order chi connectivity index (χ0) is 5.82. The highest BCUT2D eigenvalue weighted by atomic mass is 35.5. The molecule has 0 atom stereocenters. The number of hydrogen-bond donors (Lipinski definition) is 1. The van der Waals surface area contributed by atoms with E-state index in [1.807, 2.05) is 0 Å². The van der Waals surface area contributed by atoms with Crippen LogP contribution in [-0.2, 0) is 4.74 Å². The van der Waals surface area contributed by atoms with Crippen LogP contribution in [0.4, 0.5) is 0 Å². The third-order valence-electron chi connectivity index (χ3n) is 1.26. The van der Waals surface area contributed by atoms with Crippen molar-refractivity contribution in [2.75, 3.05) is 26.3 Å². The fourth-order valence-electron chi connectivity index (χ4n) is 0.765. The summed E-state index contributed by atoms with van der Waals surface area (Å²) in [5, 5.41) is 1.80. The zero-order valence-electron chi connectivity index (χ0n) is 5.78. The van der Waals surface area contributed by atoms with E-state index in [0.29, 0.717) is 0 Å². The minimum absolute atomic E-state index is 0. The van der Waals surface area contributed by atoms with Crippen molar-refractivity contribution >= 4 is 24.8 Å². The van der Waals surface area contributed by atoms with Gasteiger partial charge in [-0.05, 0) is 6.42 Å². The number of ether oxygens (including phenoxy) is 1. The van der Waals surface area contributed by atoms with E-state index >= 15 is 0 Å². The molecule has 1 fully saturated rings. The van der Waals surface area contributed by atoms with Crippen molar-refractivity contribution in [2.24, 2.45) is 5.84 Å². The van der Waals surface area contributed by atoms with Gasteiger partial charge in [-0.1, -0.05) is 0 Å². The molecule has 3 nitrogen and oxygen atoms in total. The zero-order valence-corrected chi connectivity index (χ0v) is 7.42. The molecule has 0 amide bonds. The second kappa shape index (κ2) is 7.57. The van der Waals surface area contributed by atoms with Crippen LogP contribution in [0, 0.1) is 0 Å². The van der Waals surface area contributed by atoms with Crippen LogP contribution in [-0.4, -0.2) is 31.3 Å². The minimum atomic E-state index is 0. The summed E-state index contributed by atoms with van der Waals surface area (Å²) < 4.78 is 5.14. The lowest BCUT2D eigenvalue weighted by molar-refractivity contribution is 0.141. The van der Waals surface area contributed by atoms with Crippen LogP contribution in [0.5, 0.6) is 0 Å². The highest BCUT2D eigenvalue weighted by Crippen LogP contribution is 1.91. The smallest absolute Gasteiger partial charge is 0.0607 e. The first-order chi connectivity index (χ1) is 3.89. The van der Waals surface area contributed by atoms with E-state index in [2.05, 4.69) is 0 Å². The molecule has 5 heteroatoms. The highest BCUT2D eigenvalue weighted by Gasteiger charge is 2.02. The Morgan fingerprint density at radius 3 is 2.50 bits per heavy atom. The fraction of sp³-hybridized carbons (Fsp3) is 1.00. The molecule has 0 aliphatic carbocycles. The molecule has 0 saturated carbocycles. The van der Waals surface area contributed by atoms with Crippen molar-refractivity contribution in [3.05, 3.63) is 0 Å². The standard InChI is InChI=1S/C5H12N2O.2ClH/c6-7-2-1-4-8-5-3-7;;/h1-6H2;2*1H. The van der Waals surface area contributed by atoms with Crippen molar-refractivity contribution < 1.29 is 4.74 Å². The fourth-order valence-corrected chi connectivity index (χ4v) is 0.765. The SMILES string of the molecule is Cl.Cl.NN1CCCOCC1. The van der Waals surface area contributed by atoms with Crippen LogP contribution in [0.15, 0.2) is 0 Å². The number of halogens is 2. The summed E-state index contributed by atoms with van der Waals surface area (Å²) in [5.74, 6) is 5.49. The molecule has 1 aliphatic heterocycles. The average molecular weight is 189 g/mol. The molecule has 0 aromatic heterocycles. The summed E-state index contributed by atoms with van der Waals surface area (Å²) in [4.78, 5) is 0. The van der Waals surface area contributed by atoms with E-state index in [9.17, 15) is 0 Å². The lowest BCUT2D eigenvalue weighted by Crippen LogP contribution is -2.32. The van der Waals surface area contributed by atoms with Gasteiger partial charge in [0, 0.05) is 19.7 Å². The van der Waals surface area contributed by atoms with Gasteiger partial charge in [0.05, 0.1) is 6.61 Å². The predicted molar refractivity (Wildman–Crippen MR) is 45.7 cm³/mol. The van der Waals surface area contributed by atoms with Gasteiger partial charge < -0.3 is 4.74 Å². The lowest BCUT2D eigenvalue weighted by Gasteiger charge is -2.09. The number of hydrazine groups is 1. The Kier molecular flexibility index (Phi) is 9.90. The third-order valence-corrected chi connectivity index (χ3v) is 1.26. The van der Waals surface area contributed by atoms with Gasteiger partial charge in [-0.15, -0.1) is 24.8 Å². The molecule has 0 aromatic rings. The van der Waals surface area contributed by atoms with Gasteiger partial charge in [-0.25, -0.2) is 5.01 Å². The molecule has 1 heterocycles. The summed E-state index contributed by atoms with van der Waals surface area (Å²) >= 11 is 0. The normalized spacial score (nSPS) is 20.1. The monoisotopic (exact) mass is 188 g/mol. The minimum Gasteiger partial charge on any atom is -0.380 e. The average Bonchev–Trinajstić information content (AvgIpc) is 1.94. The molecule has 0 bridgehead atoms. The first-order valence-corrected chi connectivity index (χ1v) is 2.97. The summed E-state index contributed by atoms with van der Waals surface area (Å²) in [6.07, 6.45) is 1.07. The molecular weight excluding hydrogens is 175 g/mol. The van der Waals surface area contributed by atoms with Crippen LogP contribution in [0.1, 0.15) is 6.42 Å². The maximum atomic E-state index is 5.49. The lowest BCUT2D eigenvalue weighted by atomic mass is 10.4. The molecule has 0 aromatic carbocycles. The molecule has 64 valence electrons. The van der Waals surface area contributed by atoms with E-state index in [1.54, 1.807) is 5.01 Å². The van der Waals surface area contributed by atoms with Crippen molar-refractivity contribution in [2.45, 2.75) is 6.42 Å². The summed E-state index contributed by atoms with van der Waals surface area (Å²) in [5.41, 5.74) is 0. The van der Waals surface area contributed by atoms with Gasteiger partial charge in [0.1, 0.15) is 0 Å². The van der Waals surface area contributed by atoms with E-state index < -0.39 is 0 Å². The molecule has 0 spiro atoms. The summed E-state index contributed by atoms with van der Waals surface area (Å²) in [6, 6.07) is 0. The van der Waals surface area contributed by atoms with E-state index in [0.717, 1.165) is 32.7 Å². The van der Waals surface area contributed by atoms with Crippen LogP contribution < -0.4 is 5.84 Å². The van der Waals surface area contributed by atoms with Crippen molar-refractivity contribution in [3.63, 3.8) is 0 Å². The predicted octanol–water partition coefficient (Wildman–Crippen LogP) is 0.426. The molecule has 0 unspecified atom stereocenters. The Morgan fingerprint density at radius 2 is 1.80 bits per heavy atom. The van der Waals surface area contributed by atoms with Gasteiger partial charge >= 0.3 is 0 Å². The second-order valence-corrected chi connectivity index (χ2v) is 2.00. The quantitative estimate of drug-likeness (QED) is 0.561. The van der Waals surface area contributed by atoms with E-state index in [1.165, 1.54) is 0 Å². The number of nitrogens with two attached hydrogens (primary N) is 1. The van der Waals surface area contributed by atoms with E-state index in [4.69, 9.17) is 10.6 Å². The number of rotatable bonds is 0. The molecule has 1 saturated heterocycles. The van der Waals surface area contributed by atoms with E-state index in [-0.39, 0.29) is 24.8 Å². The van der Waals surface area contributed by atoms with Crippen LogP contribution in [0.3, 0.4) is 0 Å². The summed E-state index contributed by atoms with van der Waals surface area (Å²) in [6.45, 7) is 3.50. The highest BCUT2D eigenvalue weighted by molar-refractivity contribution is 5.85. The van der Waals surface area contributed by atoms with Crippen LogP contribution >= 0.6 is 24.8 Å². The molecule has 0 radical (unpaired) electrons. The van der Waals surface area contributed by atoms with Gasteiger partial charge in [0.2, 0.25) is 0 Å². The Hall–Kier alpha value is 0.460. The molecule has 1 aliphatic rings. The largest absolute Gasteiger partial charge is 0.380 e. The van der Waals surface area contributed by atoms with Crippen molar-refractivity contribution in [1.29, 1.82) is 0 Å². The van der Waals surface area contributed by atoms with Gasteiger partial charge in [0.25, 0.3) is 0 Å². The van der Waals surface area contributed by atoms with Crippen molar-refractivity contribution in [1.82, 2.24) is 5.01 Å². The first kappa shape index (κ1) is 13.1. The Morgan fingerprint density at radius 1 is 1.10 bits per heavy atom. The number of nitrogens with zero attached hydrogens (tertiary/aromatic N) is 1. The maximum Gasteiger partial charge on any atom is 0.0607 e. The topological polar surface area (TPSA) is 38.5 Å². The number of hydrogen-bond acceptors (Lipinski definition) is 3. The van der Waals surface area contributed by atoms with Gasteiger partial charge in [-0.2, -0.15) is 0 Å². The Labute approximate surface area is 73.7 Å². The molecule has 1 rings (SSSR count). The second-order valence-electron chi connectivity index (χ2n) is 2.00. The van der Waals surface area contributed by atoms with Crippen LogP contribution in [0.2, 0.25) is 0 Å². The van der Waals surface area contributed by atoms with Gasteiger partial charge in [0.15, 0.2) is 0 Å². The Balaban J connectivity index is 0. The molecule has 10 heavy (non-hydrogen) atoms. The third kappa shape index (κ3) is 5.26.